The van der Waals surface area contributed by atoms with Crippen molar-refractivity contribution in [3.8, 4) is 0 Å². The van der Waals surface area contributed by atoms with Crippen molar-refractivity contribution in [2.45, 2.75) is 18.4 Å². The van der Waals surface area contributed by atoms with Crippen LogP contribution >= 0.6 is 15.9 Å². The van der Waals surface area contributed by atoms with E-state index in [1.54, 1.807) is 0 Å². The van der Waals surface area contributed by atoms with Crippen molar-refractivity contribution in [2.24, 2.45) is 0 Å². The second kappa shape index (κ2) is 4.65. The molecule has 1 saturated carbocycles. The molecular weight excluding hydrogens is 288 g/mol. The summed E-state index contributed by atoms with van der Waals surface area (Å²) in [5.41, 5.74) is 9.22. The van der Waals surface area contributed by atoms with Crippen molar-refractivity contribution < 1.29 is 0 Å². The van der Waals surface area contributed by atoms with Crippen molar-refractivity contribution in [3.05, 3.63) is 58.6 Å². The lowest BCUT2D eigenvalue weighted by Crippen LogP contribution is -2.06. The average Bonchev–Trinajstić information content (AvgIpc) is 3.13. The number of nitrogens with two attached hydrogens (primary N) is 1. The van der Waals surface area contributed by atoms with Crippen LogP contribution in [0.3, 0.4) is 0 Å². The van der Waals surface area contributed by atoms with E-state index in [-0.39, 0.29) is 0 Å². The van der Waals surface area contributed by atoms with Gasteiger partial charge in [-0.1, -0.05) is 46.3 Å². The Bertz CT molecular complexity index is 554. The van der Waals surface area contributed by atoms with Crippen LogP contribution in [-0.2, 0) is 0 Å². The molecule has 2 aromatic rings. The molecule has 0 saturated heterocycles. The summed E-state index contributed by atoms with van der Waals surface area (Å²) in [5, 5.41) is 3.51. The average molecular weight is 303 g/mol. The molecule has 3 N–H and O–H groups in total. The fourth-order valence-corrected chi connectivity index (χ4v) is 2.67. The molecule has 1 aliphatic carbocycles. The van der Waals surface area contributed by atoms with Crippen molar-refractivity contribution in [3.63, 3.8) is 0 Å². The number of hydrogen-bond donors (Lipinski definition) is 2. The second-order valence-electron chi connectivity index (χ2n) is 4.74. The third kappa shape index (κ3) is 2.36. The van der Waals surface area contributed by atoms with Crippen LogP contribution in [0, 0.1) is 0 Å². The zero-order valence-corrected chi connectivity index (χ0v) is 11.5. The number of nitrogens with one attached hydrogen (secondary N) is 1. The fraction of sp³-hybridized carbons (Fsp3) is 0.200. The molecule has 2 unspecified atom stereocenters. The van der Waals surface area contributed by atoms with Crippen LogP contribution in [0.1, 0.15) is 17.9 Å². The number of anilines is 2. The predicted molar refractivity (Wildman–Crippen MR) is 79.8 cm³/mol. The van der Waals surface area contributed by atoms with Crippen LogP contribution in [-0.4, -0.2) is 6.04 Å². The third-order valence-corrected chi connectivity index (χ3v) is 3.87. The molecule has 0 spiro atoms. The lowest BCUT2D eigenvalue weighted by Gasteiger charge is -2.09. The summed E-state index contributed by atoms with van der Waals surface area (Å²) >= 11 is 3.42. The molecule has 3 rings (SSSR count). The molecular formula is C15H15BrN2. The minimum absolute atomic E-state index is 0.510. The summed E-state index contributed by atoms with van der Waals surface area (Å²) in [5.74, 6) is 0.620. The van der Waals surface area contributed by atoms with Crippen LogP contribution in [0.4, 0.5) is 11.4 Å². The second-order valence-corrected chi connectivity index (χ2v) is 5.65. The number of nitrogen functional groups attached to an aromatic ring is 1. The Kier molecular flexibility index (Phi) is 3.00. The third-order valence-electron chi connectivity index (χ3n) is 3.37. The van der Waals surface area contributed by atoms with Crippen molar-refractivity contribution >= 4 is 27.3 Å². The van der Waals surface area contributed by atoms with Gasteiger partial charge in [0.15, 0.2) is 0 Å². The smallest absolute Gasteiger partial charge is 0.0577 e. The maximum Gasteiger partial charge on any atom is 0.0577 e. The Balaban J connectivity index is 1.69. The van der Waals surface area contributed by atoms with E-state index < -0.39 is 0 Å². The van der Waals surface area contributed by atoms with Gasteiger partial charge in [-0.15, -0.1) is 0 Å². The summed E-state index contributed by atoms with van der Waals surface area (Å²) in [4.78, 5) is 0. The number of rotatable bonds is 3. The SMILES string of the molecule is Nc1cc(Br)ccc1NC1CC1c1ccccc1. The first-order valence-electron chi connectivity index (χ1n) is 6.10. The van der Waals surface area contributed by atoms with Gasteiger partial charge in [0, 0.05) is 16.4 Å². The fourth-order valence-electron chi connectivity index (χ4n) is 2.29. The van der Waals surface area contributed by atoms with E-state index in [1.165, 1.54) is 12.0 Å². The highest BCUT2D eigenvalue weighted by Gasteiger charge is 2.38. The molecule has 1 fully saturated rings. The molecule has 2 nitrogen and oxygen atoms in total. The largest absolute Gasteiger partial charge is 0.397 e. The molecule has 3 heteroatoms. The summed E-state index contributed by atoms with van der Waals surface area (Å²) < 4.78 is 1.01. The molecule has 92 valence electrons. The Morgan fingerprint density at radius 3 is 2.61 bits per heavy atom. The summed E-state index contributed by atoms with van der Waals surface area (Å²) in [6.07, 6.45) is 1.18. The lowest BCUT2D eigenvalue weighted by molar-refractivity contribution is 1.05. The van der Waals surface area contributed by atoms with E-state index in [0.29, 0.717) is 12.0 Å². The Hall–Kier alpha value is -1.48. The first-order valence-corrected chi connectivity index (χ1v) is 6.90. The van der Waals surface area contributed by atoms with E-state index in [1.807, 2.05) is 18.2 Å². The molecule has 18 heavy (non-hydrogen) atoms. The van der Waals surface area contributed by atoms with E-state index >= 15 is 0 Å². The van der Waals surface area contributed by atoms with Crippen molar-refractivity contribution in [1.29, 1.82) is 0 Å². The highest BCUT2D eigenvalue weighted by Crippen LogP contribution is 2.43. The normalized spacial score (nSPS) is 21.6. The highest BCUT2D eigenvalue weighted by molar-refractivity contribution is 9.10. The van der Waals surface area contributed by atoms with E-state index in [2.05, 4.69) is 51.6 Å². The van der Waals surface area contributed by atoms with Crippen LogP contribution in [0.25, 0.3) is 0 Å². The summed E-state index contributed by atoms with van der Waals surface area (Å²) in [6, 6.07) is 17.1. The molecule has 1 aliphatic rings. The number of benzene rings is 2. The van der Waals surface area contributed by atoms with Gasteiger partial charge in [0.25, 0.3) is 0 Å². The predicted octanol–water partition coefficient (Wildman–Crippen LogP) is 4.00. The highest BCUT2D eigenvalue weighted by atomic mass is 79.9. The van der Waals surface area contributed by atoms with Gasteiger partial charge in [0.1, 0.15) is 0 Å². The Labute approximate surface area is 115 Å². The topological polar surface area (TPSA) is 38.0 Å². The van der Waals surface area contributed by atoms with Crippen LogP contribution in [0.5, 0.6) is 0 Å². The van der Waals surface area contributed by atoms with E-state index in [9.17, 15) is 0 Å². The van der Waals surface area contributed by atoms with Gasteiger partial charge in [-0.3, -0.25) is 0 Å². The monoisotopic (exact) mass is 302 g/mol. The maximum absolute atomic E-state index is 5.99. The van der Waals surface area contributed by atoms with Gasteiger partial charge in [0.05, 0.1) is 11.4 Å². The van der Waals surface area contributed by atoms with E-state index in [4.69, 9.17) is 5.73 Å². The first-order chi connectivity index (χ1) is 8.74. The van der Waals surface area contributed by atoms with Gasteiger partial charge in [-0.25, -0.2) is 0 Å². The first kappa shape index (κ1) is 11.6. The number of halogens is 1. The van der Waals surface area contributed by atoms with Crippen molar-refractivity contribution in [2.75, 3.05) is 11.1 Å². The van der Waals surface area contributed by atoms with Gasteiger partial charge < -0.3 is 11.1 Å². The quantitative estimate of drug-likeness (QED) is 0.841. The molecule has 0 aliphatic heterocycles. The zero-order valence-electron chi connectivity index (χ0n) is 9.94. The minimum Gasteiger partial charge on any atom is -0.397 e. The number of hydrogen-bond acceptors (Lipinski definition) is 2. The molecule has 2 atom stereocenters. The molecule has 0 radical (unpaired) electrons. The summed E-state index contributed by atoms with van der Waals surface area (Å²) in [6.45, 7) is 0. The van der Waals surface area contributed by atoms with Crippen LogP contribution in [0.2, 0.25) is 0 Å². The minimum atomic E-state index is 0.510. The van der Waals surface area contributed by atoms with Gasteiger partial charge >= 0.3 is 0 Å². The lowest BCUT2D eigenvalue weighted by atomic mass is 10.1. The molecule has 0 bridgehead atoms. The summed E-state index contributed by atoms with van der Waals surface area (Å²) in [7, 11) is 0. The molecule has 2 aromatic carbocycles. The Morgan fingerprint density at radius 1 is 1.11 bits per heavy atom. The van der Waals surface area contributed by atoms with Crippen LogP contribution in [0.15, 0.2) is 53.0 Å². The van der Waals surface area contributed by atoms with Gasteiger partial charge in [-0.05, 0) is 30.2 Å². The molecule has 0 aromatic heterocycles. The zero-order chi connectivity index (χ0) is 12.5. The molecule has 0 heterocycles. The maximum atomic E-state index is 5.99. The van der Waals surface area contributed by atoms with Crippen LogP contribution < -0.4 is 11.1 Å². The van der Waals surface area contributed by atoms with Gasteiger partial charge in [-0.2, -0.15) is 0 Å². The molecule has 0 amide bonds. The Morgan fingerprint density at radius 2 is 1.89 bits per heavy atom. The van der Waals surface area contributed by atoms with E-state index in [0.717, 1.165) is 15.8 Å². The van der Waals surface area contributed by atoms with Crippen molar-refractivity contribution in [1.82, 2.24) is 0 Å². The standard InChI is InChI=1S/C15H15BrN2/c16-11-6-7-14(13(17)8-11)18-15-9-12(15)10-4-2-1-3-5-10/h1-8,12,15,18H,9,17H2. The van der Waals surface area contributed by atoms with Gasteiger partial charge in [0.2, 0.25) is 0 Å².